The number of alkyl halides is 2. The predicted molar refractivity (Wildman–Crippen MR) is 238 cm³/mol. The van der Waals surface area contributed by atoms with E-state index in [1.807, 2.05) is 41.1 Å². The zero-order valence-electron chi connectivity index (χ0n) is 36.2. The Kier molecular flexibility index (Phi) is 10.0. The van der Waals surface area contributed by atoms with Crippen LogP contribution in [0.4, 0.5) is 31.7 Å². The van der Waals surface area contributed by atoms with Crippen molar-refractivity contribution in [2.45, 2.75) is 87.9 Å². The number of imide groups is 1. The Balaban J connectivity index is 0.698. The number of piperidine rings is 2. The molecule has 5 aromatic rings. The molecular weight excluding hydrogens is 823 g/mol. The van der Waals surface area contributed by atoms with Crippen LogP contribution in [-0.4, -0.2) is 128 Å². The van der Waals surface area contributed by atoms with Crippen LogP contribution in [0.1, 0.15) is 72.6 Å². The van der Waals surface area contributed by atoms with Crippen LogP contribution in [0.3, 0.4) is 0 Å². The highest BCUT2D eigenvalue weighted by Crippen LogP contribution is 2.43. The number of aryl methyl sites for hydroxylation is 1. The lowest BCUT2D eigenvalue weighted by molar-refractivity contribution is -0.143. The monoisotopic (exact) mass is 876 g/mol. The molecular formula is C46H54F2N12O4. The molecule has 16 nitrogen and oxygen atoms in total. The molecule has 3 saturated heterocycles. The van der Waals surface area contributed by atoms with Crippen LogP contribution in [0, 0.1) is 5.92 Å². The SMILES string of the molecule is CNc1cc(N2CCc3c(CC4CC(N5CCC(N6CCN(c7ccc8c(c7)n(C)c(=O)n8C7CCC(=O)NC7=O)CC6)C(F)(F)C5)C4)cccc32)nn2c(C(=O)NC3CC3)cnc12. The van der Waals surface area contributed by atoms with Gasteiger partial charge in [0.05, 0.1) is 35.5 Å². The van der Waals surface area contributed by atoms with Gasteiger partial charge < -0.3 is 20.4 Å². The number of halogens is 2. The minimum absolute atomic E-state index is 0.162. The third-order valence-electron chi connectivity index (χ3n) is 14.8. The maximum Gasteiger partial charge on any atom is 0.329 e. The van der Waals surface area contributed by atoms with Gasteiger partial charge in [-0.15, -0.1) is 5.10 Å². The van der Waals surface area contributed by atoms with Gasteiger partial charge >= 0.3 is 5.69 Å². The number of hydrogen-bond donors (Lipinski definition) is 3. The molecule has 18 heteroatoms. The Labute approximate surface area is 368 Å². The van der Waals surface area contributed by atoms with Gasteiger partial charge in [-0.1, -0.05) is 12.1 Å². The van der Waals surface area contributed by atoms with Crippen molar-refractivity contribution in [3.8, 4) is 0 Å². The number of aromatic nitrogens is 5. The first kappa shape index (κ1) is 40.9. The van der Waals surface area contributed by atoms with Gasteiger partial charge in [0.15, 0.2) is 17.2 Å². The van der Waals surface area contributed by atoms with Gasteiger partial charge in [0.25, 0.3) is 11.8 Å². The van der Waals surface area contributed by atoms with Crippen molar-refractivity contribution in [1.82, 2.24) is 44.2 Å². The van der Waals surface area contributed by atoms with Crippen LogP contribution in [-0.2, 0) is 29.5 Å². The maximum atomic E-state index is 16.1. The Morgan fingerprint density at radius 1 is 0.922 bits per heavy atom. The first-order valence-electron chi connectivity index (χ1n) is 22.9. The molecule has 0 spiro atoms. The standard InChI is InChI=1S/C46H54F2N12O4/c1-49-33-24-40(53-60-38(25-50-42(33)60)44(63)51-29-6-7-29)58-15-12-32-28(4-3-5-34(32)58)20-27-21-31(22-27)57-14-13-39(46(47,48)26-57)56-18-16-55(17-19-56)30-8-9-35-37(23-30)54(2)45(64)59(35)36-10-11-41(61)52-43(36)62/h3-5,8-9,23-25,27,29,31,36,39,49H,6-7,10-22,26H2,1-2H3,(H,51,63)(H,52,61,62). The summed E-state index contributed by atoms with van der Waals surface area (Å²) in [5.74, 6) is -2.62. The number of fused-ring (bicyclic) bond motifs is 3. The smallest absolute Gasteiger partial charge is 0.329 e. The topological polar surface area (TPSA) is 157 Å². The molecule has 5 fully saturated rings. The molecule has 11 rings (SSSR count). The number of imidazole rings is 2. The lowest BCUT2D eigenvalue weighted by atomic mass is 9.74. The summed E-state index contributed by atoms with van der Waals surface area (Å²) < 4.78 is 36.8. The van der Waals surface area contributed by atoms with Crippen molar-refractivity contribution < 1.29 is 23.2 Å². The molecule has 4 aliphatic heterocycles. The van der Waals surface area contributed by atoms with Crippen LogP contribution < -0.4 is 31.4 Å². The Morgan fingerprint density at radius 3 is 2.48 bits per heavy atom. The highest BCUT2D eigenvalue weighted by molar-refractivity contribution is 6.00. The third-order valence-corrected chi connectivity index (χ3v) is 14.8. The number of nitrogens with one attached hydrogen (secondary N) is 3. The second-order valence-electron chi connectivity index (χ2n) is 18.7. The van der Waals surface area contributed by atoms with E-state index in [1.54, 1.807) is 17.8 Å². The van der Waals surface area contributed by atoms with Crippen molar-refractivity contribution in [3.05, 3.63) is 76.0 Å². The highest BCUT2D eigenvalue weighted by atomic mass is 19.3. The van der Waals surface area contributed by atoms with E-state index in [9.17, 15) is 19.2 Å². The Bertz CT molecular complexity index is 2750. The number of likely N-dealkylation sites (tertiary alicyclic amines) is 1. The van der Waals surface area contributed by atoms with Gasteiger partial charge in [-0.2, -0.15) is 0 Å². The van der Waals surface area contributed by atoms with E-state index in [4.69, 9.17) is 5.10 Å². The van der Waals surface area contributed by atoms with Crippen LogP contribution in [0.25, 0.3) is 16.7 Å². The summed E-state index contributed by atoms with van der Waals surface area (Å²) in [5, 5.41) is 13.6. The number of carbonyl (C=O) groups is 3. The summed E-state index contributed by atoms with van der Waals surface area (Å²) in [6, 6.07) is 13.0. The first-order valence-corrected chi connectivity index (χ1v) is 22.9. The fourth-order valence-electron chi connectivity index (χ4n) is 11.1. The Hall–Kier alpha value is -5.88. The van der Waals surface area contributed by atoms with Crippen molar-refractivity contribution in [1.29, 1.82) is 0 Å². The van der Waals surface area contributed by atoms with Gasteiger partial charge in [-0.05, 0) is 92.7 Å². The summed E-state index contributed by atoms with van der Waals surface area (Å²) in [6.45, 7) is 3.41. The van der Waals surface area contributed by atoms with Gasteiger partial charge in [0.2, 0.25) is 11.8 Å². The highest BCUT2D eigenvalue weighted by Gasteiger charge is 2.50. The zero-order valence-corrected chi connectivity index (χ0v) is 36.2. The lowest BCUT2D eigenvalue weighted by Crippen LogP contribution is -2.64. The summed E-state index contributed by atoms with van der Waals surface area (Å²) in [7, 11) is 3.52. The number of nitrogens with zero attached hydrogens (tertiary/aromatic N) is 9. The summed E-state index contributed by atoms with van der Waals surface area (Å²) in [4.78, 5) is 63.6. The minimum atomic E-state index is -2.83. The fourth-order valence-corrected chi connectivity index (χ4v) is 11.1. The zero-order chi connectivity index (χ0) is 44.0. The largest absolute Gasteiger partial charge is 0.385 e. The molecule has 6 aliphatic rings. The molecule has 3 N–H and O–H groups in total. The van der Waals surface area contributed by atoms with Gasteiger partial charge in [0, 0.05) is 89.3 Å². The van der Waals surface area contributed by atoms with Gasteiger partial charge in [0.1, 0.15) is 6.04 Å². The quantitative estimate of drug-likeness (QED) is 0.175. The van der Waals surface area contributed by atoms with Crippen LogP contribution in [0.15, 0.2) is 53.5 Å². The van der Waals surface area contributed by atoms with Gasteiger partial charge in [-0.3, -0.25) is 38.6 Å². The van der Waals surface area contributed by atoms with Gasteiger partial charge in [-0.25, -0.2) is 23.1 Å². The number of amides is 3. The van der Waals surface area contributed by atoms with Crippen molar-refractivity contribution in [3.63, 3.8) is 0 Å². The number of anilines is 4. The van der Waals surface area contributed by atoms with Crippen molar-refractivity contribution in [2.75, 3.05) is 68.0 Å². The van der Waals surface area contributed by atoms with Crippen LogP contribution in [0.5, 0.6) is 0 Å². The second kappa shape index (κ2) is 15.7. The van der Waals surface area contributed by atoms with E-state index in [2.05, 4.69) is 48.9 Å². The first-order chi connectivity index (χ1) is 30.9. The summed E-state index contributed by atoms with van der Waals surface area (Å²) in [5.41, 5.74) is 7.42. The molecule has 64 heavy (non-hydrogen) atoms. The maximum absolute atomic E-state index is 16.1. The average Bonchev–Trinajstić information content (AvgIpc) is 3.70. The van der Waals surface area contributed by atoms with Crippen LogP contribution >= 0.6 is 0 Å². The third kappa shape index (κ3) is 7.09. The molecule has 2 aromatic carbocycles. The Morgan fingerprint density at radius 2 is 1.73 bits per heavy atom. The summed E-state index contributed by atoms with van der Waals surface area (Å²) >= 11 is 0. The molecule has 7 heterocycles. The second-order valence-corrected chi connectivity index (χ2v) is 18.7. The molecule has 3 amide bonds. The number of piperazine rings is 1. The average molecular weight is 877 g/mol. The summed E-state index contributed by atoms with van der Waals surface area (Å²) in [6.07, 6.45) is 8.07. The molecule has 2 aliphatic carbocycles. The molecule has 0 radical (unpaired) electrons. The van der Waals surface area contributed by atoms with Crippen molar-refractivity contribution in [2.24, 2.45) is 13.0 Å². The van der Waals surface area contributed by atoms with E-state index >= 15 is 8.78 Å². The number of carbonyl (C=O) groups excluding carboxylic acids is 3. The number of hydrogen-bond acceptors (Lipinski definition) is 11. The minimum Gasteiger partial charge on any atom is -0.385 e. The van der Waals surface area contributed by atoms with E-state index in [1.165, 1.54) is 20.3 Å². The van der Waals surface area contributed by atoms with Crippen LogP contribution in [0.2, 0.25) is 0 Å². The molecule has 3 aromatic heterocycles. The normalized spacial score (nSPS) is 25.1. The number of benzene rings is 2. The van der Waals surface area contributed by atoms with E-state index in [0.29, 0.717) is 67.4 Å². The molecule has 336 valence electrons. The van der Waals surface area contributed by atoms with E-state index in [-0.39, 0.29) is 49.0 Å². The molecule has 2 unspecified atom stereocenters. The number of rotatable bonds is 10. The molecule has 2 atom stereocenters. The molecule has 0 bridgehead atoms. The fraction of sp³-hybridized carbons (Fsp3) is 0.522. The lowest BCUT2D eigenvalue weighted by Gasteiger charge is -2.51. The van der Waals surface area contributed by atoms with E-state index < -0.39 is 23.9 Å². The van der Waals surface area contributed by atoms with Crippen molar-refractivity contribution >= 4 is 57.3 Å². The van der Waals surface area contributed by atoms with E-state index in [0.717, 1.165) is 67.9 Å². The molecule has 2 saturated carbocycles. The predicted octanol–water partition coefficient (Wildman–Crippen LogP) is 3.84.